The number of nitrogens with one attached hydrogen (secondary N) is 1. The largest absolute Gasteiger partial charge is 0.493 e. The Bertz CT molecular complexity index is 475. The van der Waals surface area contributed by atoms with Gasteiger partial charge < -0.3 is 19.9 Å². The van der Waals surface area contributed by atoms with E-state index in [0.717, 1.165) is 25.7 Å². The number of hydrogen-bond acceptors (Lipinski definition) is 4. The predicted octanol–water partition coefficient (Wildman–Crippen LogP) is 1.74. The molecule has 0 aromatic heterocycles. The van der Waals surface area contributed by atoms with Crippen molar-refractivity contribution in [2.45, 2.75) is 37.8 Å². The summed E-state index contributed by atoms with van der Waals surface area (Å²) in [6.45, 7) is 0. The van der Waals surface area contributed by atoms with Gasteiger partial charge in [-0.1, -0.05) is 18.9 Å². The van der Waals surface area contributed by atoms with Gasteiger partial charge in [-0.3, -0.25) is 4.79 Å². The summed E-state index contributed by atoms with van der Waals surface area (Å²) in [7, 11) is 3.04. The molecule has 0 heterocycles. The molecule has 1 aliphatic carbocycles. The molecule has 1 aromatic rings. The van der Waals surface area contributed by atoms with Crippen LogP contribution in [0.3, 0.4) is 0 Å². The third-order valence-electron chi connectivity index (χ3n) is 3.69. The second-order valence-corrected chi connectivity index (χ2v) is 4.97. The van der Waals surface area contributed by atoms with Crippen molar-refractivity contribution in [1.82, 2.24) is 5.32 Å². The van der Waals surface area contributed by atoms with E-state index in [1.807, 2.05) is 0 Å². The monoisotopic (exact) mass is 279 g/mol. The summed E-state index contributed by atoms with van der Waals surface area (Å²) in [5.74, 6) is 0.689. The number of aliphatic hydroxyl groups excluding tert-OH is 1. The molecule has 110 valence electrons. The lowest BCUT2D eigenvalue weighted by molar-refractivity contribution is 0.0715. The molecular formula is C15H21NO4. The topological polar surface area (TPSA) is 67.8 Å². The smallest absolute Gasteiger partial charge is 0.255 e. The molecule has 0 bridgehead atoms. The van der Waals surface area contributed by atoms with Gasteiger partial charge in [0.15, 0.2) is 11.5 Å². The Balaban J connectivity index is 2.16. The number of carbonyl (C=O) groups excluding carboxylic acids is 1. The van der Waals surface area contributed by atoms with E-state index < -0.39 is 6.10 Å². The van der Waals surface area contributed by atoms with Crippen molar-refractivity contribution in [3.05, 3.63) is 23.8 Å². The van der Waals surface area contributed by atoms with Crippen LogP contribution >= 0.6 is 0 Å². The van der Waals surface area contributed by atoms with Crippen LogP contribution < -0.4 is 14.8 Å². The Morgan fingerprint density at radius 3 is 2.65 bits per heavy atom. The Morgan fingerprint density at radius 2 is 2.00 bits per heavy atom. The number of methoxy groups -OCH3 is 2. The van der Waals surface area contributed by atoms with Crippen LogP contribution in [-0.4, -0.2) is 37.4 Å². The zero-order valence-corrected chi connectivity index (χ0v) is 11.9. The number of para-hydroxylation sites is 1. The second kappa shape index (κ2) is 6.61. The number of rotatable bonds is 4. The molecule has 1 amide bonds. The van der Waals surface area contributed by atoms with Crippen LogP contribution in [0.1, 0.15) is 36.0 Å². The lowest BCUT2D eigenvalue weighted by Gasteiger charge is -2.28. The van der Waals surface area contributed by atoms with Crippen molar-refractivity contribution in [2.75, 3.05) is 14.2 Å². The van der Waals surface area contributed by atoms with Gasteiger partial charge in [-0.2, -0.15) is 0 Å². The normalized spacial score (nSPS) is 22.1. The third-order valence-corrected chi connectivity index (χ3v) is 3.69. The number of hydrogen-bond donors (Lipinski definition) is 2. The van der Waals surface area contributed by atoms with Crippen molar-refractivity contribution < 1.29 is 19.4 Å². The molecule has 2 rings (SSSR count). The molecule has 5 nitrogen and oxygen atoms in total. The number of ether oxygens (including phenoxy) is 2. The van der Waals surface area contributed by atoms with Crippen LogP contribution in [0.5, 0.6) is 11.5 Å². The van der Waals surface area contributed by atoms with Crippen LogP contribution in [0.25, 0.3) is 0 Å². The van der Waals surface area contributed by atoms with Gasteiger partial charge in [0.1, 0.15) is 0 Å². The van der Waals surface area contributed by atoms with Crippen molar-refractivity contribution in [2.24, 2.45) is 0 Å². The average molecular weight is 279 g/mol. The molecule has 1 aromatic carbocycles. The standard InChI is InChI=1S/C15H21NO4/c1-19-13-9-5-6-10(14(13)20-2)15(18)16-11-7-3-4-8-12(11)17/h5-6,9,11-12,17H,3-4,7-8H2,1-2H3,(H,16,18)/t11-,12-/m1/s1. The zero-order valence-electron chi connectivity index (χ0n) is 11.9. The molecule has 5 heteroatoms. The van der Waals surface area contributed by atoms with Crippen LogP contribution in [0, 0.1) is 0 Å². The van der Waals surface area contributed by atoms with Crippen molar-refractivity contribution in [3.8, 4) is 11.5 Å². The van der Waals surface area contributed by atoms with Gasteiger partial charge in [-0.15, -0.1) is 0 Å². The van der Waals surface area contributed by atoms with E-state index in [4.69, 9.17) is 9.47 Å². The highest BCUT2D eigenvalue weighted by Crippen LogP contribution is 2.31. The van der Waals surface area contributed by atoms with Crippen LogP contribution in [-0.2, 0) is 0 Å². The van der Waals surface area contributed by atoms with Gasteiger partial charge in [-0.25, -0.2) is 0 Å². The third kappa shape index (κ3) is 3.04. The number of amides is 1. The van der Waals surface area contributed by atoms with E-state index in [9.17, 15) is 9.90 Å². The van der Waals surface area contributed by atoms with Gasteiger partial charge in [-0.05, 0) is 25.0 Å². The fourth-order valence-corrected chi connectivity index (χ4v) is 2.59. The van der Waals surface area contributed by atoms with Gasteiger partial charge in [0.2, 0.25) is 0 Å². The van der Waals surface area contributed by atoms with E-state index >= 15 is 0 Å². The van der Waals surface area contributed by atoms with E-state index in [2.05, 4.69) is 5.32 Å². The molecule has 2 atom stereocenters. The number of aliphatic hydroxyl groups is 1. The van der Waals surface area contributed by atoms with Gasteiger partial charge in [0.25, 0.3) is 5.91 Å². The molecular weight excluding hydrogens is 258 g/mol. The van der Waals surface area contributed by atoms with Crippen LogP contribution in [0.15, 0.2) is 18.2 Å². The van der Waals surface area contributed by atoms with Crippen LogP contribution in [0.2, 0.25) is 0 Å². The Labute approximate surface area is 118 Å². The molecule has 0 saturated heterocycles. The molecule has 1 fully saturated rings. The molecule has 0 spiro atoms. The predicted molar refractivity (Wildman–Crippen MR) is 75.3 cm³/mol. The highest BCUT2D eigenvalue weighted by atomic mass is 16.5. The Kier molecular flexibility index (Phi) is 4.84. The summed E-state index contributed by atoms with van der Waals surface area (Å²) in [4.78, 5) is 12.3. The minimum Gasteiger partial charge on any atom is -0.493 e. The average Bonchev–Trinajstić information content (AvgIpc) is 2.48. The van der Waals surface area contributed by atoms with Crippen molar-refractivity contribution in [1.29, 1.82) is 0 Å². The van der Waals surface area contributed by atoms with E-state index in [1.54, 1.807) is 18.2 Å². The van der Waals surface area contributed by atoms with Crippen molar-refractivity contribution >= 4 is 5.91 Å². The summed E-state index contributed by atoms with van der Waals surface area (Å²) in [5.41, 5.74) is 0.421. The first kappa shape index (κ1) is 14.7. The van der Waals surface area contributed by atoms with Gasteiger partial charge >= 0.3 is 0 Å². The maximum Gasteiger partial charge on any atom is 0.255 e. The lowest BCUT2D eigenvalue weighted by atomic mass is 9.92. The highest BCUT2D eigenvalue weighted by molar-refractivity contribution is 5.98. The fourth-order valence-electron chi connectivity index (χ4n) is 2.59. The first-order chi connectivity index (χ1) is 9.67. The quantitative estimate of drug-likeness (QED) is 0.881. The molecule has 0 aliphatic heterocycles. The molecule has 1 saturated carbocycles. The van der Waals surface area contributed by atoms with Gasteiger partial charge in [0.05, 0.1) is 31.9 Å². The molecule has 20 heavy (non-hydrogen) atoms. The summed E-state index contributed by atoms with van der Waals surface area (Å²) in [5, 5.41) is 12.8. The SMILES string of the molecule is COc1cccc(C(=O)N[C@@H]2CCCC[C@H]2O)c1OC. The minimum absolute atomic E-state index is 0.188. The summed E-state index contributed by atoms with van der Waals surface area (Å²) < 4.78 is 10.4. The fraction of sp³-hybridized carbons (Fsp3) is 0.533. The van der Waals surface area contributed by atoms with Crippen LogP contribution in [0.4, 0.5) is 0 Å². The van der Waals surface area contributed by atoms with E-state index in [-0.39, 0.29) is 11.9 Å². The van der Waals surface area contributed by atoms with E-state index in [1.165, 1.54) is 14.2 Å². The minimum atomic E-state index is -0.468. The Morgan fingerprint density at radius 1 is 1.25 bits per heavy atom. The van der Waals surface area contributed by atoms with Crippen molar-refractivity contribution in [3.63, 3.8) is 0 Å². The Hall–Kier alpha value is -1.75. The number of benzene rings is 1. The first-order valence-corrected chi connectivity index (χ1v) is 6.87. The molecule has 2 N–H and O–H groups in total. The zero-order chi connectivity index (χ0) is 14.5. The highest BCUT2D eigenvalue weighted by Gasteiger charge is 2.26. The second-order valence-electron chi connectivity index (χ2n) is 4.97. The lowest BCUT2D eigenvalue weighted by Crippen LogP contribution is -2.45. The maximum absolute atomic E-state index is 12.3. The molecule has 1 aliphatic rings. The summed E-state index contributed by atoms with van der Waals surface area (Å²) >= 11 is 0. The van der Waals surface area contributed by atoms with Gasteiger partial charge in [0, 0.05) is 0 Å². The summed E-state index contributed by atoms with van der Waals surface area (Å²) in [6.07, 6.45) is 3.11. The molecule has 0 radical (unpaired) electrons. The first-order valence-electron chi connectivity index (χ1n) is 6.87. The molecule has 0 unspecified atom stereocenters. The summed E-state index contributed by atoms with van der Waals surface area (Å²) in [6, 6.07) is 4.98. The maximum atomic E-state index is 12.3. The number of carbonyl (C=O) groups is 1. The van der Waals surface area contributed by atoms with E-state index in [0.29, 0.717) is 17.1 Å².